The summed E-state index contributed by atoms with van der Waals surface area (Å²) >= 11 is 0. The summed E-state index contributed by atoms with van der Waals surface area (Å²) < 4.78 is 0. The van der Waals surface area contributed by atoms with Gasteiger partial charge in [-0.3, -0.25) is 4.90 Å². The molecule has 3 atom stereocenters. The normalized spacial score (nSPS) is 24.8. The molecule has 8 heteroatoms. The molecule has 3 aromatic rings. The van der Waals surface area contributed by atoms with E-state index in [1.165, 1.54) is 11.1 Å². The van der Waals surface area contributed by atoms with Crippen LogP contribution in [0.25, 0.3) is 0 Å². The number of hydrogen-bond donors (Lipinski definition) is 3. The van der Waals surface area contributed by atoms with Crippen molar-refractivity contribution in [2.75, 3.05) is 24.5 Å². The van der Waals surface area contributed by atoms with Gasteiger partial charge in [0.2, 0.25) is 0 Å². The molecule has 0 bridgehead atoms. The molecule has 186 valence electrons. The Morgan fingerprint density at radius 3 is 2.78 bits per heavy atom. The third kappa shape index (κ3) is 3.81. The SMILES string of the molecule is C[C@@H]1C[C@@H](O)c2ncnc(N3C[C@]4(CCN(Cc5ccccc5)C4)c4c(CNC(=O)O)cccc43)c21. The minimum Gasteiger partial charge on any atom is -0.465 e. The zero-order valence-electron chi connectivity index (χ0n) is 20.4. The van der Waals surface area contributed by atoms with Crippen molar-refractivity contribution in [1.82, 2.24) is 20.2 Å². The first-order valence-electron chi connectivity index (χ1n) is 12.6. The summed E-state index contributed by atoms with van der Waals surface area (Å²) in [6.07, 6.45) is 1.61. The molecule has 2 aromatic carbocycles. The number of nitrogens with zero attached hydrogens (tertiary/aromatic N) is 4. The van der Waals surface area contributed by atoms with Crippen LogP contribution in [0, 0.1) is 0 Å². The van der Waals surface area contributed by atoms with Crippen LogP contribution in [0.4, 0.5) is 16.3 Å². The van der Waals surface area contributed by atoms with Gasteiger partial charge in [-0.15, -0.1) is 0 Å². The standard InChI is InChI=1S/C28H31N5O3/c1-18-12-22(34)25-23(18)26(31-17-30-25)33-16-28(10-11-32(15-28)14-19-6-3-2-4-7-19)24-20(13-29-27(35)36)8-5-9-21(24)33/h2-9,17-18,22,29,34H,10-16H2,1H3,(H,35,36)/t18-,22-,28-/m1/s1. The highest BCUT2D eigenvalue weighted by atomic mass is 16.4. The lowest BCUT2D eigenvalue weighted by molar-refractivity contribution is 0.170. The van der Waals surface area contributed by atoms with Crippen LogP contribution in [-0.4, -0.2) is 50.8 Å². The first-order chi connectivity index (χ1) is 17.4. The highest BCUT2D eigenvalue weighted by Gasteiger charge is 2.50. The molecule has 3 heterocycles. The number of carbonyl (C=O) groups is 1. The van der Waals surface area contributed by atoms with Gasteiger partial charge in [0.1, 0.15) is 12.1 Å². The van der Waals surface area contributed by atoms with Gasteiger partial charge in [0, 0.05) is 42.8 Å². The second-order valence-electron chi connectivity index (χ2n) is 10.4. The second-order valence-corrected chi connectivity index (χ2v) is 10.4. The maximum Gasteiger partial charge on any atom is 0.404 e. The number of fused-ring (bicyclic) bond motifs is 3. The number of carboxylic acid groups (broad SMARTS) is 1. The molecule has 36 heavy (non-hydrogen) atoms. The Morgan fingerprint density at radius 2 is 1.97 bits per heavy atom. The largest absolute Gasteiger partial charge is 0.465 e. The van der Waals surface area contributed by atoms with Gasteiger partial charge < -0.3 is 20.4 Å². The van der Waals surface area contributed by atoms with Crippen LogP contribution in [0.1, 0.15) is 59.7 Å². The topological polar surface area (TPSA) is 102 Å². The molecule has 2 aliphatic heterocycles. The van der Waals surface area contributed by atoms with Gasteiger partial charge in [-0.25, -0.2) is 14.8 Å². The minimum atomic E-state index is -1.02. The fourth-order valence-corrected chi connectivity index (χ4v) is 6.58. The number of rotatable bonds is 5. The molecule has 3 aliphatic rings. The highest BCUT2D eigenvalue weighted by molar-refractivity contribution is 5.76. The van der Waals surface area contributed by atoms with Gasteiger partial charge in [0.25, 0.3) is 0 Å². The molecule has 1 amide bonds. The maximum atomic E-state index is 11.4. The number of amides is 1. The Balaban J connectivity index is 1.41. The Bertz CT molecular complexity index is 1300. The summed E-state index contributed by atoms with van der Waals surface area (Å²) in [5, 5.41) is 22.5. The zero-order valence-corrected chi connectivity index (χ0v) is 20.4. The Kier molecular flexibility index (Phi) is 5.65. The smallest absolute Gasteiger partial charge is 0.404 e. The molecule has 3 N–H and O–H groups in total. The molecule has 0 unspecified atom stereocenters. The van der Waals surface area contributed by atoms with Gasteiger partial charge in [0.15, 0.2) is 0 Å². The van der Waals surface area contributed by atoms with E-state index in [-0.39, 0.29) is 17.9 Å². The van der Waals surface area contributed by atoms with Crippen molar-refractivity contribution in [3.8, 4) is 0 Å². The number of nitrogens with one attached hydrogen (secondary N) is 1. The quantitative estimate of drug-likeness (QED) is 0.501. The lowest BCUT2D eigenvalue weighted by Crippen LogP contribution is -2.36. The van der Waals surface area contributed by atoms with E-state index in [0.29, 0.717) is 6.42 Å². The van der Waals surface area contributed by atoms with Gasteiger partial charge in [-0.05, 0) is 48.1 Å². The minimum absolute atomic E-state index is 0.140. The lowest BCUT2D eigenvalue weighted by Gasteiger charge is -2.28. The first-order valence-corrected chi connectivity index (χ1v) is 12.6. The van der Waals surface area contributed by atoms with Crippen molar-refractivity contribution in [2.45, 2.75) is 50.3 Å². The molecule has 0 radical (unpaired) electrons. The maximum absolute atomic E-state index is 11.4. The average Bonchev–Trinajstić information content (AvgIpc) is 3.52. The van der Waals surface area contributed by atoms with Crippen molar-refractivity contribution in [2.24, 2.45) is 0 Å². The average molecular weight is 486 g/mol. The number of benzene rings is 2. The number of anilines is 2. The van der Waals surface area contributed by atoms with Gasteiger partial charge in [-0.2, -0.15) is 0 Å². The fourth-order valence-electron chi connectivity index (χ4n) is 6.58. The molecule has 1 fully saturated rings. The van der Waals surface area contributed by atoms with Crippen molar-refractivity contribution in [3.63, 3.8) is 0 Å². The highest BCUT2D eigenvalue weighted by Crippen LogP contribution is 2.53. The molecule has 6 rings (SSSR count). The summed E-state index contributed by atoms with van der Waals surface area (Å²) in [4.78, 5) is 25.3. The molecule has 0 saturated carbocycles. The fraction of sp³-hybridized carbons (Fsp3) is 0.393. The van der Waals surface area contributed by atoms with Crippen LogP contribution in [0.15, 0.2) is 54.9 Å². The summed E-state index contributed by atoms with van der Waals surface area (Å²) in [6, 6.07) is 16.7. The molecule has 1 aromatic heterocycles. The summed E-state index contributed by atoms with van der Waals surface area (Å²) in [5.41, 5.74) is 6.22. The van der Waals surface area contributed by atoms with E-state index in [2.05, 4.69) is 57.4 Å². The number of hydrogen-bond acceptors (Lipinski definition) is 6. The first kappa shape index (κ1) is 22.9. The van der Waals surface area contributed by atoms with Crippen molar-refractivity contribution in [1.29, 1.82) is 0 Å². The molecule has 8 nitrogen and oxygen atoms in total. The monoisotopic (exact) mass is 485 g/mol. The van der Waals surface area contributed by atoms with E-state index in [1.54, 1.807) is 6.33 Å². The van der Waals surface area contributed by atoms with E-state index < -0.39 is 12.2 Å². The molecule has 1 aliphatic carbocycles. The zero-order chi connectivity index (χ0) is 24.9. The van der Waals surface area contributed by atoms with E-state index >= 15 is 0 Å². The molecule has 1 spiro atoms. The van der Waals surface area contributed by atoms with Crippen molar-refractivity contribution < 1.29 is 15.0 Å². The van der Waals surface area contributed by atoms with Crippen LogP contribution in [0.5, 0.6) is 0 Å². The van der Waals surface area contributed by atoms with Crippen LogP contribution >= 0.6 is 0 Å². The van der Waals surface area contributed by atoms with Crippen molar-refractivity contribution >= 4 is 17.6 Å². The van der Waals surface area contributed by atoms with Gasteiger partial charge in [0.05, 0.1) is 11.8 Å². The predicted octanol–water partition coefficient (Wildman–Crippen LogP) is 4.08. The third-order valence-corrected chi connectivity index (χ3v) is 8.06. The van der Waals surface area contributed by atoms with Gasteiger partial charge in [-0.1, -0.05) is 49.4 Å². The lowest BCUT2D eigenvalue weighted by atomic mass is 9.79. The Morgan fingerprint density at radius 1 is 1.14 bits per heavy atom. The number of aliphatic hydroxyl groups excluding tert-OH is 1. The van der Waals surface area contributed by atoms with Gasteiger partial charge >= 0.3 is 6.09 Å². The summed E-state index contributed by atoms with van der Waals surface area (Å²) in [5.74, 6) is 1.04. The summed E-state index contributed by atoms with van der Waals surface area (Å²) in [6.45, 7) is 5.91. The second kappa shape index (κ2) is 8.87. The van der Waals surface area contributed by atoms with Crippen LogP contribution < -0.4 is 10.2 Å². The van der Waals surface area contributed by atoms with Crippen molar-refractivity contribution in [3.05, 3.63) is 82.8 Å². The number of aromatic nitrogens is 2. The Hall–Kier alpha value is -3.49. The predicted molar refractivity (Wildman–Crippen MR) is 136 cm³/mol. The number of likely N-dealkylation sites (tertiary alicyclic amines) is 1. The molecular formula is C28H31N5O3. The van der Waals surface area contributed by atoms with E-state index in [9.17, 15) is 15.0 Å². The molecule has 1 saturated heterocycles. The molecular weight excluding hydrogens is 454 g/mol. The van der Waals surface area contributed by atoms with E-state index in [1.807, 2.05) is 18.2 Å². The van der Waals surface area contributed by atoms with Crippen LogP contribution in [0.2, 0.25) is 0 Å². The third-order valence-electron chi connectivity index (χ3n) is 8.06. The van der Waals surface area contributed by atoms with Crippen LogP contribution in [-0.2, 0) is 18.5 Å². The van der Waals surface area contributed by atoms with E-state index in [0.717, 1.165) is 60.9 Å². The van der Waals surface area contributed by atoms with Crippen LogP contribution in [0.3, 0.4) is 0 Å². The van der Waals surface area contributed by atoms with E-state index in [4.69, 9.17) is 4.98 Å². The number of aliphatic hydroxyl groups is 1. The Labute approximate surface area is 210 Å². The summed E-state index contributed by atoms with van der Waals surface area (Å²) in [7, 11) is 0.